The first-order chi connectivity index (χ1) is 15.9. The average molecular weight is 465 g/mol. The summed E-state index contributed by atoms with van der Waals surface area (Å²) in [6, 6.07) is 12.8. The van der Waals surface area contributed by atoms with Crippen LogP contribution in [0.1, 0.15) is 41.5 Å². The minimum atomic E-state index is -3.64. The molecule has 168 valence electrons. The van der Waals surface area contributed by atoms with E-state index < -0.39 is 14.9 Å². The molecule has 3 aromatic rings. The molecule has 0 spiro atoms. The summed E-state index contributed by atoms with van der Waals surface area (Å²) < 4.78 is 29.5. The molecule has 5 rings (SSSR count). The molecule has 1 fully saturated rings. The fraction of sp³-hybridized carbons (Fsp3) is 0.318. The van der Waals surface area contributed by atoms with Crippen molar-refractivity contribution in [1.82, 2.24) is 19.1 Å². The summed E-state index contributed by atoms with van der Waals surface area (Å²) in [4.78, 5) is 10.9. The van der Waals surface area contributed by atoms with Gasteiger partial charge in [-0.05, 0) is 55.2 Å². The van der Waals surface area contributed by atoms with Crippen molar-refractivity contribution >= 4 is 15.7 Å². The standard InChI is InChI=1S/C22H20N6O4S/c23-14-15-1-5-19(6-2-15)33(31,32)26-11-9-16(10-12-26)22-25-24-21-8-3-17-13-18(28(29)30)4-7-20(17)27(21)22/h1-2,4-7,13,16H,3,8-12H2. The van der Waals surface area contributed by atoms with Crippen LogP contribution in [0.3, 0.4) is 0 Å². The van der Waals surface area contributed by atoms with Crippen molar-refractivity contribution in [3.8, 4) is 11.8 Å². The number of aromatic nitrogens is 3. The molecule has 0 bridgehead atoms. The van der Waals surface area contributed by atoms with Gasteiger partial charge < -0.3 is 0 Å². The molecule has 3 heterocycles. The summed E-state index contributed by atoms with van der Waals surface area (Å²) in [5, 5.41) is 28.8. The molecule has 33 heavy (non-hydrogen) atoms. The Morgan fingerprint density at radius 1 is 1.06 bits per heavy atom. The first kappa shape index (κ1) is 21.2. The lowest BCUT2D eigenvalue weighted by atomic mass is 9.95. The van der Waals surface area contributed by atoms with Gasteiger partial charge in [-0.1, -0.05) is 0 Å². The fourth-order valence-electron chi connectivity index (χ4n) is 4.57. The van der Waals surface area contributed by atoms with Gasteiger partial charge in [0.05, 0.1) is 27.1 Å². The number of sulfonamides is 1. The zero-order chi connectivity index (χ0) is 23.2. The molecular weight excluding hydrogens is 444 g/mol. The van der Waals surface area contributed by atoms with E-state index in [1.54, 1.807) is 12.1 Å². The summed E-state index contributed by atoms with van der Waals surface area (Å²) in [6.07, 6.45) is 2.50. The fourth-order valence-corrected chi connectivity index (χ4v) is 6.04. The van der Waals surface area contributed by atoms with Crippen molar-refractivity contribution in [2.75, 3.05) is 13.1 Å². The summed E-state index contributed by atoms with van der Waals surface area (Å²) in [6.45, 7) is 0.699. The van der Waals surface area contributed by atoms with Crippen molar-refractivity contribution in [2.45, 2.75) is 36.5 Å². The summed E-state index contributed by atoms with van der Waals surface area (Å²) in [7, 11) is -3.64. The number of nitriles is 1. The van der Waals surface area contributed by atoms with Crippen LogP contribution in [0.5, 0.6) is 0 Å². The van der Waals surface area contributed by atoms with Gasteiger partial charge in [0.2, 0.25) is 10.0 Å². The Kier molecular flexibility index (Phi) is 5.19. The Hall–Kier alpha value is -3.62. The molecule has 2 aromatic carbocycles. The number of piperidine rings is 1. The summed E-state index contributed by atoms with van der Waals surface area (Å²) in [5.74, 6) is 1.62. The van der Waals surface area contributed by atoms with Gasteiger partial charge in [0.15, 0.2) is 0 Å². The zero-order valence-corrected chi connectivity index (χ0v) is 18.4. The van der Waals surface area contributed by atoms with Crippen molar-refractivity contribution < 1.29 is 13.3 Å². The third kappa shape index (κ3) is 3.67. The van der Waals surface area contributed by atoms with Gasteiger partial charge in [0.25, 0.3) is 5.69 Å². The predicted octanol–water partition coefficient (Wildman–Crippen LogP) is 2.71. The van der Waals surface area contributed by atoms with Crippen LogP contribution < -0.4 is 0 Å². The van der Waals surface area contributed by atoms with E-state index in [4.69, 9.17) is 5.26 Å². The first-order valence-electron chi connectivity index (χ1n) is 10.6. The highest BCUT2D eigenvalue weighted by molar-refractivity contribution is 7.89. The van der Waals surface area contributed by atoms with Gasteiger partial charge in [0, 0.05) is 37.6 Å². The van der Waals surface area contributed by atoms with Crippen LogP contribution in [0.25, 0.3) is 5.69 Å². The molecule has 1 aromatic heterocycles. The lowest BCUT2D eigenvalue weighted by Gasteiger charge is -2.31. The van der Waals surface area contributed by atoms with Gasteiger partial charge in [-0.2, -0.15) is 9.57 Å². The Morgan fingerprint density at radius 3 is 2.45 bits per heavy atom. The minimum absolute atomic E-state index is 0.0276. The maximum Gasteiger partial charge on any atom is 0.269 e. The maximum absolute atomic E-state index is 13.0. The number of non-ortho nitro benzene ring substituents is 1. The van der Waals surface area contributed by atoms with Crippen LogP contribution in [0.15, 0.2) is 47.4 Å². The second-order valence-electron chi connectivity index (χ2n) is 8.19. The van der Waals surface area contributed by atoms with E-state index in [2.05, 4.69) is 10.2 Å². The molecule has 0 unspecified atom stereocenters. The normalized spacial score (nSPS) is 16.6. The zero-order valence-electron chi connectivity index (χ0n) is 17.6. The largest absolute Gasteiger partial charge is 0.282 e. The Morgan fingerprint density at radius 2 is 1.79 bits per heavy atom. The lowest BCUT2D eigenvalue weighted by molar-refractivity contribution is -0.384. The van der Waals surface area contributed by atoms with Gasteiger partial charge in [-0.25, -0.2) is 8.42 Å². The Bertz CT molecular complexity index is 1380. The van der Waals surface area contributed by atoms with Crippen molar-refractivity contribution in [3.05, 3.63) is 75.4 Å². The van der Waals surface area contributed by atoms with Crippen LogP contribution in [0.4, 0.5) is 5.69 Å². The molecule has 0 N–H and O–H groups in total. The lowest BCUT2D eigenvalue weighted by Crippen LogP contribution is -2.38. The van der Waals surface area contributed by atoms with Crippen molar-refractivity contribution in [2.24, 2.45) is 0 Å². The number of nitro groups is 1. The SMILES string of the molecule is N#Cc1ccc(S(=O)(=O)N2CCC(c3nnc4n3-c3ccc([N+](=O)[O-])cc3CC4)CC2)cc1. The van der Waals surface area contributed by atoms with Crippen LogP contribution in [-0.4, -0.2) is 45.5 Å². The van der Waals surface area contributed by atoms with Crippen LogP contribution >= 0.6 is 0 Å². The quantitative estimate of drug-likeness (QED) is 0.428. The number of aryl methyl sites for hydroxylation is 2. The van der Waals surface area contributed by atoms with Gasteiger partial charge in [-0.15, -0.1) is 10.2 Å². The molecule has 2 aliphatic rings. The Labute approximate surface area is 190 Å². The van der Waals surface area contributed by atoms with Gasteiger partial charge in [0.1, 0.15) is 11.6 Å². The van der Waals surface area contributed by atoms with Crippen LogP contribution in [0, 0.1) is 21.4 Å². The second kappa shape index (κ2) is 8.06. The highest BCUT2D eigenvalue weighted by Crippen LogP contribution is 2.35. The molecule has 0 aliphatic carbocycles. The molecule has 0 radical (unpaired) electrons. The molecule has 0 atom stereocenters. The molecule has 11 heteroatoms. The van der Waals surface area contributed by atoms with E-state index in [0.29, 0.717) is 44.3 Å². The van der Waals surface area contributed by atoms with Crippen LogP contribution in [-0.2, 0) is 22.9 Å². The third-order valence-corrected chi connectivity index (χ3v) is 8.24. The molecule has 1 saturated heterocycles. The van der Waals surface area contributed by atoms with E-state index in [-0.39, 0.29) is 16.5 Å². The van der Waals surface area contributed by atoms with Gasteiger partial charge >= 0.3 is 0 Å². The highest BCUT2D eigenvalue weighted by atomic mass is 32.2. The first-order valence-corrected chi connectivity index (χ1v) is 12.0. The molecule has 0 amide bonds. The van der Waals surface area contributed by atoms with Gasteiger partial charge in [-0.3, -0.25) is 14.7 Å². The molecule has 10 nitrogen and oxygen atoms in total. The van der Waals surface area contributed by atoms with E-state index >= 15 is 0 Å². The number of hydrogen-bond acceptors (Lipinski definition) is 7. The molecule has 2 aliphatic heterocycles. The predicted molar refractivity (Wildman–Crippen MR) is 117 cm³/mol. The number of rotatable bonds is 4. The molecular formula is C22H20N6O4S. The Balaban J connectivity index is 1.37. The molecule has 0 saturated carbocycles. The number of fused-ring (bicyclic) bond motifs is 3. The average Bonchev–Trinajstić information content (AvgIpc) is 3.28. The van der Waals surface area contributed by atoms with E-state index in [9.17, 15) is 18.5 Å². The number of hydrogen-bond donors (Lipinski definition) is 0. The van der Waals surface area contributed by atoms with E-state index in [1.165, 1.54) is 34.6 Å². The maximum atomic E-state index is 13.0. The highest BCUT2D eigenvalue weighted by Gasteiger charge is 2.33. The third-order valence-electron chi connectivity index (χ3n) is 6.33. The van der Waals surface area contributed by atoms with E-state index in [0.717, 1.165) is 22.9 Å². The number of benzene rings is 2. The van der Waals surface area contributed by atoms with E-state index in [1.807, 2.05) is 10.6 Å². The number of nitro benzene ring substituents is 1. The van der Waals surface area contributed by atoms with Crippen molar-refractivity contribution in [3.63, 3.8) is 0 Å². The topological polar surface area (TPSA) is 135 Å². The minimum Gasteiger partial charge on any atom is -0.282 e. The monoisotopic (exact) mass is 464 g/mol. The second-order valence-corrected chi connectivity index (χ2v) is 10.1. The van der Waals surface area contributed by atoms with Crippen molar-refractivity contribution in [1.29, 1.82) is 5.26 Å². The summed E-state index contributed by atoms with van der Waals surface area (Å²) in [5.41, 5.74) is 2.22. The number of nitrogens with zero attached hydrogens (tertiary/aromatic N) is 6. The summed E-state index contributed by atoms with van der Waals surface area (Å²) >= 11 is 0. The van der Waals surface area contributed by atoms with Crippen LogP contribution in [0.2, 0.25) is 0 Å². The smallest absolute Gasteiger partial charge is 0.269 e.